The van der Waals surface area contributed by atoms with Gasteiger partial charge in [-0.05, 0) is 32.6 Å². The molecule has 0 atom stereocenters. The Labute approximate surface area is 109 Å². The second-order valence-corrected chi connectivity index (χ2v) is 5.21. The van der Waals surface area contributed by atoms with Crippen molar-refractivity contribution in [3.8, 4) is 0 Å². The molecule has 0 bridgehead atoms. The van der Waals surface area contributed by atoms with Crippen LogP contribution < -0.4 is 0 Å². The number of carbonyl (C=O) groups excluding carboxylic acids is 2. The van der Waals surface area contributed by atoms with Crippen LogP contribution in [0.4, 0.5) is 0 Å². The monoisotopic (exact) mass is 249 g/mol. The molecule has 0 aromatic heterocycles. The van der Waals surface area contributed by atoms with Gasteiger partial charge in [0.15, 0.2) is 11.6 Å². The Morgan fingerprint density at radius 3 is 2.33 bits per heavy atom. The third-order valence-corrected chi connectivity index (χ3v) is 3.52. The predicted molar refractivity (Wildman–Crippen MR) is 74.0 cm³/mol. The van der Waals surface area contributed by atoms with Gasteiger partial charge in [0, 0.05) is 18.7 Å². The summed E-state index contributed by atoms with van der Waals surface area (Å²) in [6.45, 7) is 7.55. The van der Waals surface area contributed by atoms with Crippen molar-refractivity contribution in [1.29, 1.82) is 0 Å². The Morgan fingerprint density at radius 1 is 1.17 bits per heavy atom. The zero-order valence-corrected chi connectivity index (χ0v) is 11.5. The fourth-order valence-corrected chi connectivity index (χ4v) is 2.25. The maximum absolute atomic E-state index is 11.6. The van der Waals surface area contributed by atoms with Crippen LogP contribution in [0, 0.1) is 5.92 Å². The fourth-order valence-electron chi connectivity index (χ4n) is 2.25. The first-order valence-corrected chi connectivity index (χ1v) is 6.73. The molecule has 0 saturated heterocycles. The summed E-state index contributed by atoms with van der Waals surface area (Å²) in [7, 11) is 0. The third-order valence-electron chi connectivity index (χ3n) is 3.52. The molecule has 18 heavy (non-hydrogen) atoms. The van der Waals surface area contributed by atoms with Gasteiger partial charge in [0.05, 0.1) is 5.57 Å². The lowest BCUT2D eigenvalue weighted by Crippen LogP contribution is -2.14. The van der Waals surface area contributed by atoms with E-state index in [1.165, 1.54) is 39.0 Å². The summed E-state index contributed by atoms with van der Waals surface area (Å²) in [6.07, 6.45) is 6.69. The Kier molecular flexibility index (Phi) is 5.96. The van der Waals surface area contributed by atoms with Gasteiger partial charge in [-0.25, -0.2) is 0 Å². The van der Waals surface area contributed by atoms with Crippen LogP contribution in [0.25, 0.3) is 0 Å². The van der Waals surface area contributed by atoms with E-state index in [4.69, 9.17) is 0 Å². The van der Waals surface area contributed by atoms with Crippen molar-refractivity contribution in [1.82, 2.24) is 0 Å². The molecule has 3 nitrogen and oxygen atoms in total. The summed E-state index contributed by atoms with van der Waals surface area (Å²) >= 11 is 0. The zero-order valence-electron chi connectivity index (χ0n) is 11.5. The van der Waals surface area contributed by atoms with Crippen molar-refractivity contribution < 1.29 is 9.59 Å². The van der Waals surface area contributed by atoms with E-state index >= 15 is 0 Å². The third kappa shape index (κ3) is 4.94. The maximum Gasteiger partial charge on any atom is 0.171 e. The molecule has 1 aliphatic carbocycles. The first-order valence-electron chi connectivity index (χ1n) is 6.73. The van der Waals surface area contributed by atoms with Crippen molar-refractivity contribution in [3.05, 3.63) is 12.2 Å². The molecule has 0 aliphatic heterocycles. The summed E-state index contributed by atoms with van der Waals surface area (Å²) in [4.78, 5) is 27.1. The number of Topliss-reactive ketones (excluding diaryl/α,β-unsaturated/α-hetero) is 2. The van der Waals surface area contributed by atoms with E-state index in [-0.39, 0.29) is 23.6 Å². The Hall–Kier alpha value is -1.25. The van der Waals surface area contributed by atoms with E-state index in [1.54, 1.807) is 0 Å². The highest BCUT2D eigenvalue weighted by Gasteiger charge is 2.14. The Morgan fingerprint density at radius 2 is 1.78 bits per heavy atom. The van der Waals surface area contributed by atoms with Crippen LogP contribution in [-0.2, 0) is 9.59 Å². The SMILES string of the molecule is C=C(C(C)=O)C(=O)CC(C)=NCC1CCCCC1. The molecule has 0 heterocycles. The van der Waals surface area contributed by atoms with Crippen LogP contribution in [0.5, 0.6) is 0 Å². The van der Waals surface area contributed by atoms with Gasteiger partial charge >= 0.3 is 0 Å². The molecule has 3 heteroatoms. The van der Waals surface area contributed by atoms with Gasteiger partial charge in [-0.3, -0.25) is 14.6 Å². The van der Waals surface area contributed by atoms with Crippen LogP contribution in [0.2, 0.25) is 0 Å². The minimum Gasteiger partial charge on any atom is -0.294 e. The zero-order chi connectivity index (χ0) is 13.5. The number of ketones is 2. The molecule has 0 radical (unpaired) electrons. The minimum absolute atomic E-state index is 0.0854. The first kappa shape index (κ1) is 14.8. The molecule has 1 fully saturated rings. The minimum atomic E-state index is -0.250. The lowest BCUT2D eigenvalue weighted by molar-refractivity contribution is -0.119. The van der Waals surface area contributed by atoms with E-state index in [1.807, 2.05) is 6.92 Å². The van der Waals surface area contributed by atoms with Gasteiger partial charge < -0.3 is 0 Å². The van der Waals surface area contributed by atoms with Gasteiger partial charge in [-0.15, -0.1) is 0 Å². The average molecular weight is 249 g/mol. The molecule has 1 rings (SSSR count). The van der Waals surface area contributed by atoms with E-state index in [0.29, 0.717) is 5.92 Å². The first-order chi connectivity index (χ1) is 8.50. The number of allylic oxidation sites excluding steroid dienone is 1. The maximum atomic E-state index is 11.6. The molecule has 0 spiro atoms. The summed E-state index contributed by atoms with van der Waals surface area (Å²) in [5.41, 5.74) is 0.898. The van der Waals surface area contributed by atoms with Crippen molar-refractivity contribution in [3.63, 3.8) is 0 Å². The van der Waals surface area contributed by atoms with Crippen LogP contribution in [0.1, 0.15) is 52.4 Å². The van der Waals surface area contributed by atoms with Gasteiger partial charge in [0.25, 0.3) is 0 Å². The van der Waals surface area contributed by atoms with E-state index in [2.05, 4.69) is 11.6 Å². The van der Waals surface area contributed by atoms with Gasteiger partial charge in [0.1, 0.15) is 0 Å². The van der Waals surface area contributed by atoms with E-state index in [9.17, 15) is 9.59 Å². The summed E-state index contributed by atoms with van der Waals surface area (Å²) in [5.74, 6) is 0.229. The normalized spacial score (nSPS) is 17.6. The molecule has 1 saturated carbocycles. The number of aliphatic imine (C=N–C) groups is 1. The van der Waals surface area contributed by atoms with Gasteiger partial charge in [-0.1, -0.05) is 25.8 Å². The van der Waals surface area contributed by atoms with E-state index in [0.717, 1.165) is 12.3 Å². The topological polar surface area (TPSA) is 46.5 Å². The van der Waals surface area contributed by atoms with Crippen molar-refractivity contribution in [2.24, 2.45) is 10.9 Å². The summed E-state index contributed by atoms with van der Waals surface area (Å²) in [5, 5.41) is 0. The van der Waals surface area contributed by atoms with E-state index < -0.39 is 0 Å². The number of rotatable bonds is 6. The average Bonchev–Trinajstić information content (AvgIpc) is 2.36. The molecule has 0 N–H and O–H groups in total. The lowest BCUT2D eigenvalue weighted by Gasteiger charge is -2.19. The Balaban J connectivity index is 2.39. The fraction of sp³-hybridized carbons (Fsp3) is 0.667. The number of hydrogen-bond acceptors (Lipinski definition) is 3. The quantitative estimate of drug-likeness (QED) is 0.314. The standard InChI is InChI=1S/C15H23NO2/c1-11(9-15(18)12(2)13(3)17)16-10-14-7-5-4-6-8-14/h14H,2,4-10H2,1,3H3. The highest BCUT2D eigenvalue weighted by atomic mass is 16.1. The van der Waals surface area contributed by atoms with Gasteiger partial charge in [0.2, 0.25) is 0 Å². The molecular formula is C15H23NO2. The molecule has 0 aromatic carbocycles. The molecule has 100 valence electrons. The largest absolute Gasteiger partial charge is 0.294 e. The number of nitrogens with zero attached hydrogens (tertiary/aromatic N) is 1. The van der Waals surface area contributed by atoms with Crippen LogP contribution in [0.3, 0.4) is 0 Å². The number of hydrogen-bond donors (Lipinski definition) is 0. The van der Waals surface area contributed by atoms with Crippen molar-refractivity contribution >= 4 is 17.3 Å². The predicted octanol–water partition coefficient (Wildman–Crippen LogP) is 3.13. The summed E-state index contributed by atoms with van der Waals surface area (Å²) in [6, 6.07) is 0. The molecular weight excluding hydrogens is 226 g/mol. The molecule has 1 aliphatic rings. The second kappa shape index (κ2) is 7.24. The number of carbonyl (C=O) groups is 2. The highest BCUT2D eigenvalue weighted by molar-refractivity contribution is 6.23. The van der Waals surface area contributed by atoms with Gasteiger partial charge in [-0.2, -0.15) is 0 Å². The Bertz CT molecular complexity index is 363. The lowest BCUT2D eigenvalue weighted by atomic mass is 9.89. The van der Waals surface area contributed by atoms with Crippen molar-refractivity contribution in [2.75, 3.05) is 6.54 Å². The highest BCUT2D eigenvalue weighted by Crippen LogP contribution is 2.23. The summed E-state index contributed by atoms with van der Waals surface area (Å²) < 4.78 is 0. The van der Waals surface area contributed by atoms with Crippen LogP contribution in [0.15, 0.2) is 17.1 Å². The molecule has 0 amide bonds. The molecule has 0 unspecified atom stereocenters. The van der Waals surface area contributed by atoms with Crippen molar-refractivity contribution in [2.45, 2.75) is 52.4 Å². The second-order valence-electron chi connectivity index (χ2n) is 5.21. The van der Waals surface area contributed by atoms with Crippen LogP contribution in [-0.4, -0.2) is 23.8 Å². The molecule has 0 aromatic rings. The van der Waals surface area contributed by atoms with Crippen LogP contribution >= 0.6 is 0 Å². The smallest absolute Gasteiger partial charge is 0.171 e.